The summed E-state index contributed by atoms with van der Waals surface area (Å²) in [5, 5.41) is 0. The summed E-state index contributed by atoms with van der Waals surface area (Å²) in [5.41, 5.74) is 0.946. The van der Waals surface area contributed by atoms with Gasteiger partial charge in [0.15, 0.2) is 10.4 Å². The van der Waals surface area contributed by atoms with Crippen LogP contribution in [0.5, 0.6) is 0 Å². The van der Waals surface area contributed by atoms with E-state index in [0.29, 0.717) is 23.5 Å². The van der Waals surface area contributed by atoms with Crippen LogP contribution in [-0.4, -0.2) is 47.8 Å². The molecule has 28 heavy (non-hydrogen) atoms. The van der Waals surface area contributed by atoms with E-state index in [0.717, 1.165) is 37.9 Å². The fraction of sp³-hybridized carbons (Fsp3) is 0.364. The minimum absolute atomic E-state index is 0.0604. The Kier molecular flexibility index (Phi) is 5.27. The number of nitrogens with zero attached hydrogens (tertiary/aromatic N) is 2. The smallest absolute Gasteiger partial charge is 0.298 e. The van der Waals surface area contributed by atoms with Gasteiger partial charge in [0.25, 0.3) is 11.8 Å². The van der Waals surface area contributed by atoms with Crippen LogP contribution < -0.4 is 0 Å². The highest BCUT2D eigenvalue weighted by atomic mass is 79.9. The number of halogens is 1. The summed E-state index contributed by atoms with van der Waals surface area (Å²) in [5.74, 6) is 5.88. The van der Waals surface area contributed by atoms with E-state index in [1.165, 1.54) is 0 Å². The Morgan fingerprint density at radius 2 is 1.64 bits per heavy atom. The van der Waals surface area contributed by atoms with Crippen molar-refractivity contribution in [2.45, 2.75) is 19.3 Å². The first kappa shape index (κ1) is 18.8. The van der Waals surface area contributed by atoms with E-state index in [2.05, 4.69) is 27.8 Å². The molecule has 0 unspecified atom stereocenters. The zero-order chi connectivity index (χ0) is 19.6. The van der Waals surface area contributed by atoms with E-state index in [1.807, 2.05) is 40.1 Å². The van der Waals surface area contributed by atoms with Crippen LogP contribution in [0.3, 0.4) is 0 Å². The van der Waals surface area contributed by atoms with Gasteiger partial charge < -0.3 is 14.2 Å². The van der Waals surface area contributed by atoms with E-state index < -0.39 is 0 Å². The molecule has 2 aromatic rings. The molecule has 3 heterocycles. The molecule has 0 N–H and O–H groups in total. The molecule has 2 aliphatic rings. The van der Waals surface area contributed by atoms with Gasteiger partial charge in [0.2, 0.25) is 0 Å². The summed E-state index contributed by atoms with van der Waals surface area (Å²) in [6.07, 6.45) is 2.77. The van der Waals surface area contributed by atoms with Crippen molar-refractivity contribution in [1.29, 1.82) is 0 Å². The molecule has 1 spiro atoms. The maximum Gasteiger partial charge on any atom is 0.298 e. The van der Waals surface area contributed by atoms with Gasteiger partial charge in [0.1, 0.15) is 0 Å². The highest BCUT2D eigenvalue weighted by Gasteiger charge is 2.43. The lowest BCUT2D eigenvalue weighted by atomic mass is 9.78. The summed E-state index contributed by atoms with van der Waals surface area (Å²) in [6, 6.07) is 13.0. The molecule has 2 fully saturated rings. The molecular weight excluding hydrogens is 420 g/mol. The predicted molar refractivity (Wildman–Crippen MR) is 108 cm³/mol. The Labute approximate surface area is 172 Å². The number of hydrogen-bond acceptors (Lipinski definition) is 3. The van der Waals surface area contributed by atoms with Gasteiger partial charge in [-0.15, -0.1) is 0 Å². The molecule has 5 nitrogen and oxygen atoms in total. The third kappa shape index (κ3) is 4.00. The van der Waals surface area contributed by atoms with Crippen molar-refractivity contribution in [3.63, 3.8) is 0 Å². The quantitative estimate of drug-likeness (QED) is 0.637. The maximum absolute atomic E-state index is 12.6. The van der Waals surface area contributed by atoms with Gasteiger partial charge in [-0.05, 0) is 64.9 Å². The van der Waals surface area contributed by atoms with Crippen LogP contribution in [0.2, 0.25) is 0 Å². The van der Waals surface area contributed by atoms with E-state index >= 15 is 0 Å². The Balaban J connectivity index is 1.33. The first-order valence-electron chi connectivity index (χ1n) is 9.45. The molecule has 0 aliphatic carbocycles. The number of likely N-dealkylation sites (tertiary alicyclic amines) is 2. The molecule has 0 bridgehead atoms. The Bertz CT molecular complexity index is 933. The molecule has 0 atom stereocenters. The van der Waals surface area contributed by atoms with E-state index in [1.54, 1.807) is 12.1 Å². The Morgan fingerprint density at radius 1 is 0.964 bits per heavy atom. The first-order valence-corrected chi connectivity index (χ1v) is 10.2. The molecule has 0 saturated carbocycles. The number of piperidine rings is 1. The number of hydrogen-bond donors (Lipinski definition) is 0. The van der Waals surface area contributed by atoms with Crippen LogP contribution >= 0.6 is 15.9 Å². The lowest BCUT2D eigenvalue weighted by Gasteiger charge is -2.38. The number of furan rings is 1. The zero-order valence-electron chi connectivity index (χ0n) is 15.5. The van der Waals surface area contributed by atoms with Crippen LogP contribution in [0.4, 0.5) is 0 Å². The van der Waals surface area contributed by atoms with Crippen LogP contribution in [0, 0.1) is 17.3 Å². The van der Waals surface area contributed by atoms with Crippen molar-refractivity contribution in [3.8, 4) is 11.8 Å². The average molecular weight is 441 g/mol. The number of rotatable bonds is 1. The minimum Gasteiger partial charge on any atom is -0.444 e. The Hall–Kier alpha value is -2.52. The highest BCUT2D eigenvalue weighted by molar-refractivity contribution is 9.10. The summed E-state index contributed by atoms with van der Waals surface area (Å²) in [7, 11) is 0. The third-order valence-corrected chi connectivity index (χ3v) is 6.13. The van der Waals surface area contributed by atoms with Gasteiger partial charge in [-0.2, -0.15) is 0 Å². The van der Waals surface area contributed by atoms with Crippen LogP contribution in [0.25, 0.3) is 0 Å². The number of amides is 2. The Morgan fingerprint density at radius 3 is 2.29 bits per heavy atom. The minimum atomic E-state index is -0.120. The monoisotopic (exact) mass is 440 g/mol. The molecule has 2 saturated heterocycles. The van der Waals surface area contributed by atoms with Crippen molar-refractivity contribution in [3.05, 3.63) is 58.5 Å². The van der Waals surface area contributed by atoms with Gasteiger partial charge in [0, 0.05) is 37.7 Å². The number of carbonyl (C=O) groups is 2. The summed E-state index contributed by atoms with van der Waals surface area (Å²) < 4.78 is 5.97. The van der Waals surface area contributed by atoms with E-state index in [4.69, 9.17) is 4.42 Å². The molecule has 6 heteroatoms. The fourth-order valence-electron chi connectivity index (χ4n) is 4.01. The van der Waals surface area contributed by atoms with Crippen molar-refractivity contribution in [2.24, 2.45) is 5.41 Å². The average Bonchev–Trinajstić information content (AvgIpc) is 3.34. The standard InChI is InChI=1S/C22H21BrN2O3/c23-19-8-7-18(28-19)21(27)25-15-12-22(16-25)10-13-24(14-11-22)20(26)9-6-17-4-2-1-3-5-17/h1-5,7-8H,10-16H2. The summed E-state index contributed by atoms with van der Waals surface area (Å²) in [4.78, 5) is 28.7. The number of carbonyl (C=O) groups excluding carboxylic acids is 2. The van der Waals surface area contributed by atoms with Crippen molar-refractivity contribution in [2.75, 3.05) is 26.2 Å². The molecule has 2 aliphatic heterocycles. The molecule has 1 aromatic carbocycles. The van der Waals surface area contributed by atoms with Gasteiger partial charge in [-0.1, -0.05) is 24.1 Å². The van der Waals surface area contributed by atoms with Crippen molar-refractivity contribution >= 4 is 27.7 Å². The zero-order valence-corrected chi connectivity index (χ0v) is 17.1. The highest BCUT2D eigenvalue weighted by Crippen LogP contribution is 2.40. The van der Waals surface area contributed by atoms with Gasteiger partial charge >= 0.3 is 0 Å². The summed E-state index contributed by atoms with van der Waals surface area (Å²) >= 11 is 3.24. The fourth-order valence-corrected chi connectivity index (χ4v) is 4.32. The van der Waals surface area contributed by atoms with E-state index in [9.17, 15) is 9.59 Å². The number of benzene rings is 1. The van der Waals surface area contributed by atoms with Crippen LogP contribution in [-0.2, 0) is 4.79 Å². The molecule has 2 amide bonds. The lowest BCUT2D eigenvalue weighted by molar-refractivity contribution is -0.127. The maximum atomic E-state index is 12.6. The molecular formula is C22H21BrN2O3. The molecule has 1 aromatic heterocycles. The molecule has 144 valence electrons. The molecule has 0 radical (unpaired) electrons. The largest absolute Gasteiger partial charge is 0.444 e. The van der Waals surface area contributed by atoms with Crippen molar-refractivity contribution in [1.82, 2.24) is 9.80 Å². The second kappa shape index (κ2) is 7.84. The molecule has 4 rings (SSSR count). The third-order valence-electron chi connectivity index (χ3n) is 5.71. The van der Waals surface area contributed by atoms with Gasteiger partial charge in [-0.25, -0.2) is 0 Å². The summed E-state index contributed by atoms with van der Waals surface area (Å²) in [6.45, 7) is 2.84. The first-order chi connectivity index (χ1) is 13.5. The normalized spacial score (nSPS) is 18.0. The SMILES string of the molecule is O=C(C#Cc1ccccc1)N1CCC2(CC1)CCN(C(=O)c1ccc(Br)o1)C2. The second-order valence-electron chi connectivity index (χ2n) is 7.49. The second-order valence-corrected chi connectivity index (χ2v) is 8.27. The predicted octanol–water partition coefficient (Wildman–Crippen LogP) is 3.55. The van der Waals surface area contributed by atoms with Crippen LogP contribution in [0.1, 0.15) is 35.4 Å². The van der Waals surface area contributed by atoms with E-state index in [-0.39, 0.29) is 17.2 Å². The lowest BCUT2D eigenvalue weighted by Crippen LogP contribution is -2.44. The van der Waals surface area contributed by atoms with Crippen molar-refractivity contribution < 1.29 is 14.0 Å². The van der Waals surface area contributed by atoms with Crippen LogP contribution in [0.15, 0.2) is 51.6 Å². The topological polar surface area (TPSA) is 53.8 Å². The van der Waals surface area contributed by atoms with Gasteiger partial charge in [0.05, 0.1) is 0 Å². The van der Waals surface area contributed by atoms with Gasteiger partial charge in [-0.3, -0.25) is 9.59 Å².